The van der Waals surface area contributed by atoms with E-state index in [1.54, 1.807) is 18.2 Å². The van der Waals surface area contributed by atoms with Gasteiger partial charge < -0.3 is 10.3 Å². The number of likely N-dealkylation sites (tertiary alicyclic amines) is 1. The maximum absolute atomic E-state index is 12.4. The van der Waals surface area contributed by atoms with Crippen molar-refractivity contribution in [3.63, 3.8) is 0 Å². The van der Waals surface area contributed by atoms with Crippen LogP contribution in [0.4, 0.5) is 5.69 Å². The molecule has 1 aromatic rings. The molecule has 4 nitrogen and oxygen atoms in total. The first-order chi connectivity index (χ1) is 8.52. The minimum absolute atomic E-state index is 0.0124. The Morgan fingerprint density at radius 3 is 2.56 bits per heavy atom. The van der Waals surface area contributed by atoms with E-state index in [1.165, 1.54) is 0 Å². The SMILES string of the molecule is CC1CN(C(=O)c2cc(Cl)ccc2NN)CC1C. The molecule has 1 fully saturated rings. The standard InChI is InChI=1S/C13H18ClN3O/c1-8-6-17(7-9(8)2)13(18)11-5-10(14)3-4-12(11)16-15/h3-5,8-9,16H,6-7,15H2,1-2H3. The van der Waals surface area contributed by atoms with Crippen LogP contribution in [-0.4, -0.2) is 23.9 Å². The van der Waals surface area contributed by atoms with Gasteiger partial charge in [-0.25, -0.2) is 0 Å². The highest BCUT2D eigenvalue weighted by Crippen LogP contribution is 2.27. The van der Waals surface area contributed by atoms with E-state index >= 15 is 0 Å². The Balaban J connectivity index is 2.26. The van der Waals surface area contributed by atoms with Gasteiger partial charge in [0.15, 0.2) is 0 Å². The summed E-state index contributed by atoms with van der Waals surface area (Å²) in [5.74, 6) is 6.48. The van der Waals surface area contributed by atoms with Gasteiger partial charge in [0.1, 0.15) is 0 Å². The van der Waals surface area contributed by atoms with Crippen molar-refractivity contribution in [3.8, 4) is 0 Å². The number of rotatable bonds is 2. The second-order valence-electron chi connectivity index (χ2n) is 5.00. The molecule has 5 heteroatoms. The van der Waals surface area contributed by atoms with Gasteiger partial charge in [0.05, 0.1) is 11.3 Å². The first-order valence-electron chi connectivity index (χ1n) is 6.08. The smallest absolute Gasteiger partial charge is 0.256 e. The van der Waals surface area contributed by atoms with Crippen LogP contribution in [0.3, 0.4) is 0 Å². The maximum Gasteiger partial charge on any atom is 0.256 e. The van der Waals surface area contributed by atoms with Gasteiger partial charge in [0.25, 0.3) is 5.91 Å². The average molecular weight is 268 g/mol. The molecule has 2 rings (SSSR count). The molecule has 1 amide bonds. The highest BCUT2D eigenvalue weighted by molar-refractivity contribution is 6.31. The molecule has 2 atom stereocenters. The zero-order chi connectivity index (χ0) is 13.3. The molecule has 3 N–H and O–H groups in total. The van der Waals surface area contributed by atoms with Crippen LogP contribution in [0.5, 0.6) is 0 Å². The number of nitrogens with two attached hydrogens (primary N) is 1. The van der Waals surface area contributed by atoms with E-state index in [0.717, 1.165) is 13.1 Å². The van der Waals surface area contributed by atoms with Crippen molar-refractivity contribution in [1.29, 1.82) is 0 Å². The van der Waals surface area contributed by atoms with Crippen LogP contribution in [0, 0.1) is 11.8 Å². The normalized spacial score (nSPS) is 23.2. The van der Waals surface area contributed by atoms with Crippen LogP contribution in [0.25, 0.3) is 0 Å². The summed E-state index contributed by atoms with van der Waals surface area (Å²) >= 11 is 5.94. The Morgan fingerprint density at radius 2 is 2.00 bits per heavy atom. The number of nitrogens with one attached hydrogen (secondary N) is 1. The number of nitrogen functional groups attached to an aromatic ring is 1. The molecule has 0 saturated carbocycles. The Bertz CT molecular complexity index is 454. The third kappa shape index (κ3) is 2.44. The fourth-order valence-electron chi connectivity index (χ4n) is 2.29. The molecule has 0 bridgehead atoms. The van der Waals surface area contributed by atoms with Gasteiger partial charge in [-0.3, -0.25) is 10.6 Å². The lowest BCUT2D eigenvalue weighted by Gasteiger charge is -2.18. The van der Waals surface area contributed by atoms with Gasteiger partial charge in [0, 0.05) is 18.1 Å². The molecule has 2 unspecified atom stereocenters. The van der Waals surface area contributed by atoms with Gasteiger partial charge in [-0.2, -0.15) is 0 Å². The Kier molecular flexibility index (Phi) is 3.78. The second kappa shape index (κ2) is 5.16. The first-order valence-corrected chi connectivity index (χ1v) is 6.46. The summed E-state index contributed by atoms with van der Waals surface area (Å²) in [4.78, 5) is 14.3. The number of nitrogens with zero attached hydrogens (tertiary/aromatic N) is 1. The number of hydrogen-bond donors (Lipinski definition) is 2. The molecule has 1 aromatic carbocycles. The lowest BCUT2D eigenvalue weighted by molar-refractivity contribution is 0.0786. The third-order valence-electron chi connectivity index (χ3n) is 3.64. The number of hydrazine groups is 1. The van der Waals surface area contributed by atoms with E-state index in [9.17, 15) is 4.79 Å². The number of halogens is 1. The second-order valence-corrected chi connectivity index (χ2v) is 5.44. The van der Waals surface area contributed by atoms with Gasteiger partial charge in [0.2, 0.25) is 0 Å². The summed E-state index contributed by atoms with van der Waals surface area (Å²) < 4.78 is 0. The molecular weight excluding hydrogens is 250 g/mol. The van der Waals surface area contributed by atoms with Gasteiger partial charge in [-0.1, -0.05) is 25.4 Å². The summed E-state index contributed by atoms with van der Waals surface area (Å²) in [6, 6.07) is 5.09. The molecule has 1 aliphatic rings. The molecule has 1 heterocycles. The lowest BCUT2D eigenvalue weighted by Crippen LogP contribution is -2.30. The van der Waals surface area contributed by atoms with Gasteiger partial charge >= 0.3 is 0 Å². The molecular formula is C13H18ClN3O. The van der Waals surface area contributed by atoms with E-state index in [0.29, 0.717) is 28.1 Å². The number of hydrogen-bond acceptors (Lipinski definition) is 3. The zero-order valence-electron chi connectivity index (χ0n) is 10.6. The number of amides is 1. The molecule has 0 aromatic heterocycles. The Hall–Kier alpha value is -1.26. The monoisotopic (exact) mass is 267 g/mol. The van der Waals surface area contributed by atoms with Crippen LogP contribution < -0.4 is 11.3 Å². The van der Waals surface area contributed by atoms with Crippen molar-refractivity contribution >= 4 is 23.2 Å². The van der Waals surface area contributed by atoms with E-state index in [1.807, 2.05) is 4.90 Å². The quantitative estimate of drug-likeness (QED) is 0.639. The van der Waals surface area contributed by atoms with E-state index in [-0.39, 0.29) is 5.91 Å². The number of carbonyl (C=O) groups is 1. The minimum atomic E-state index is -0.0124. The van der Waals surface area contributed by atoms with Gasteiger partial charge in [-0.15, -0.1) is 0 Å². The highest BCUT2D eigenvalue weighted by atomic mass is 35.5. The predicted octanol–water partition coefficient (Wildman–Crippen LogP) is 2.35. The summed E-state index contributed by atoms with van der Waals surface area (Å²) in [6.07, 6.45) is 0. The molecule has 98 valence electrons. The van der Waals surface area contributed by atoms with Crippen molar-refractivity contribution in [1.82, 2.24) is 4.90 Å². The fourth-order valence-corrected chi connectivity index (χ4v) is 2.46. The van der Waals surface area contributed by atoms with Crippen molar-refractivity contribution in [2.75, 3.05) is 18.5 Å². The van der Waals surface area contributed by atoms with Crippen LogP contribution in [0.1, 0.15) is 24.2 Å². The van der Waals surface area contributed by atoms with Crippen molar-refractivity contribution < 1.29 is 4.79 Å². The third-order valence-corrected chi connectivity index (χ3v) is 3.88. The van der Waals surface area contributed by atoms with E-state index in [2.05, 4.69) is 19.3 Å². The first kappa shape index (κ1) is 13.2. The van der Waals surface area contributed by atoms with Gasteiger partial charge in [-0.05, 0) is 30.0 Å². The topological polar surface area (TPSA) is 58.4 Å². The largest absolute Gasteiger partial charge is 0.338 e. The summed E-state index contributed by atoms with van der Waals surface area (Å²) in [5, 5.41) is 0.539. The summed E-state index contributed by atoms with van der Waals surface area (Å²) in [5.41, 5.74) is 3.69. The minimum Gasteiger partial charge on any atom is -0.338 e. The Labute approximate surface area is 112 Å². The molecule has 18 heavy (non-hydrogen) atoms. The van der Waals surface area contributed by atoms with E-state index < -0.39 is 0 Å². The van der Waals surface area contributed by atoms with Crippen LogP contribution >= 0.6 is 11.6 Å². The maximum atomic E-state index is 12.4. The number of benzene rings is 1. The predicted molar refractivity (Wildman–Crippen MR) is 73.5 cm³/mol. The average Bonchev–Trinajstić information content (AvgIpc) is 2.68. The van der Waals surface area contributed by atoms with E-state index in [4.69, 9.17) is 17.4 Å². The summed E-state index contributed by atoms with van der Waals surface area (Å²) in [6.45, 7) is 5.91. The molecule has 1 saturated heterocycles. The molecule has 0 aliphatic carbocycles. The van der Waals surface area contributed by atoms with Crippen LogP contribution in [0.15, 0.2) is 18.2 Å². The van der Waals surface area contributed by atoms with Crippen molar-refractivity contribution in [2.24, 2.45) is 17.7 Å². The van der Waals surface area contributed by atoms with Crippen molar-refractivity contribution in [3.05, 3.63) is 28.8 Å². The molecule has 1 aliphatic heterocycles. The highest BCUT2D eigenvalue weighted by Gasteiger charge is 2.30. The van der Waals surface area contributed by atoms with Crippen molar-refractivity contribution in [2.45, 2.75) is 13.8 Å². The molecule has 0 radical (unpaired) electrons. The fraction of sp³-hybridized carbons (Fsp3) is 0.462. The molecule has 0 spiro atoms. The zero-order valence-corrected chi connectivity index (χ0v) is 11.4. The lowest BCUT2D eigenvalue weighted by atomic mass is 10.0. The van der Waals surface area contributed by atoms with Crippen LogP contribution in [-0.2, 0) is 0 Å². The Morgan fingerprint density at radius 1 is 1.39 bits per heavy atom. The number of anilines is 1. The number of carbonyl (C=O) groups excluding carboxylic acids is 1. The van der Waals surface area contributed by atoms with Crippen LogP contribution in [0.2, 0.25) is 5.02 Å². The summed E-state index contributed by atoms with van der Waals surface area (Å²) in [7, 11) is 0.